The van der Waals surface area contributed by atoms with E-state index in [0.717, 1.165) is 17.7 Å². The minimum absolute atomic E-state index is 0.237. The summed E-state index contributed by atoms with van der Waals surface area (Å²) >= 11 is 12.3. The first-order valence-corrected chi connectivity index (χ1v) is 8.92. The number of halogens is 2. The van der Waals surface area contributed by atoms with Crippen molar-refractivity contribution >= 4 is 40.4 Å². The predicted octanol–water partition coefficient (Wildman–Crippen LogP) is 5.72. The third-order valence-electron chi connectivity index (χ3n) is 4.38. The van der Waals surface area contributed by atoms with Gasteiger partial charge in [0.05, 0.1) is 15.7 Å². The lowest BCUT2D eigenvalue weighted by Crippen LogP contribution is -2.17. The molecule has 1 N–H and O–H groups in total. The second kappa shape index (κ2) is 7.06. The van der Waals surface area contributed by atoms with E-state index in [1.807, 2.05) is 24.3 Å². The number of benzene rings is 1. The standard InChI is InChI=1S/C19H19Cl2N3O/c1-4-11(2)14-7-5-6-8-16(14)23-19(25)17-12(3)22-18-15(21)9-13(20)10-24(17)18/h5-11H,4H2,1-3H3,(H,23,25). The van der Waals surface area contributed by atoms with Gasteiger partial charge in [-0.3, -0.25) is 9.20 Å². The third-order valence-corrected chi connectivity index (χ3v) is 4.87. The third kappa shape index (κ3) is 3.37. The highest BCUT2D eigenvalue weighted by molar-refractivity contribution is 6.36. The van der Waals surface area contributed by atoms with Crippen molar-refractivity contribution in [1.29, 1.82) is 0 Å². The molecule has 4 nitrogen and oxygen atoms in total. The van der Waals surface area contributed by atoms with Crippen LogP contribution >= 0.6 is 23.2 Å². The molecule has 0 spiro atoms. The van der Waals surface area contributed by atoms with Crippen molar-refractivity contribution in [2.45, 2.75) is 33.1 Å². The van der Waals surface area contributed by atoms with Crippen molar-refractivity contribution < 1.29 is 4.79 Å². The summed E-state index contributed by atoms with van der Waals surface area (Å²) in [4.78, 5) is 17.3. The monoisotopic (exact) mass is 375 g/mol. The number of hydrogen-bond acceptors (Lipinski definition) is 2. The molecule has 0 radical (unpaired) electrons. The van der Waals surface area contributed by atoms with Gasteiger partial charge in [0.25, 0.3) is 5.91 Å². The Morgan fingerprint density at radius 1 is 1.32 bits per heavy atom. The van der Waals surface area contributed by atoms with Crippen molar-refractivity contribution in [1.82, 2.24) is 9.38 Å². The molecule has 1 amide bonds. The van der Waals surface area contributed by atoms with E-state index in [0.29, 0.717) is 33.0 Å². The number of imidazole rings is 1. The largest absolute Gasteiger partial charge is 0.320 e. The molecule has 2 aromatic heterocycles. The highest BCUT2D eigenvalue weighted by Gasteiger charge is 2.20. The van der Waals surface area contributed by atoms with Crippen molar-refractivity contribution in [3.8, 4) is 0 Å². The molecule has 6 heteroatoms. The number of carbonyl (C=O) groups excluding carboxylic acids is 1. The van der Waals surface area contributed by atoms with Crippen LogP contribution in [-0.2, 0) is 0 Å². The summed E-state index contributed by atoms with van der Waals surface area (Å²) in [5.74, 6) is 0.114. The minimum Gasteiger partial charge on any atom is -0.320 e. The van der Waals surface area contributed by atoms with Crippen LogP contribution in [0, 0.1) is 6.92 Å². The van der Waals surface area contributed by atoms with Gasteiger partial charge in [0.1, 0.15) is 5.69 Å². The van der Waals surface area contributed by atoms with Gasteiger partial charge in [-0.05, 0) is 37.0 Å². The van der Waals surface area contributed by atoms with E-state index in [9.17, 15) is 4.79 Å². The molecule has 0 aliphatic carbocycles. The van der Waals surface area contributed by atoms with E-state index < -0.39 is 0 Å². The average molecular weight is 376 g/mol. The SMILES string of the molecule is CCC(C)c1ccccc1NC(=O)c1c(C)nc2c(Cl)cc(Cl)cn12. The summed E-state index contributed by atoms with van der Waals surface area (Å²) in [5, 5.41) is 3.87. The zero-order valence-electron chi connectivity index (χ0n) is 14.3. The lowest BCUT2D eigenvalue weighted by molar-refractivity contribution is 0.102. The smallest absolute Gasteiger partial charge is 0.274 e. The van der Waals surface area contributed by atoms with Crippen molar-refractivity contribution in [3.05, 3.63) is 63.5 Å². The van der Waals surface area contributed by atoms with Crippen molar-refractivity contribution in [2.24, 2.45) is 0 Å². The van der Waals surface area contributed by atoms with Gasteiger partial charge in [0.15, 0.2) is 5.65 Å². The molecule has 0 aliphatic heterocycles. The van der Waals surface area contributed by atoms with Crippen LogP contribution in [0.15, 0.2) is 36.5 Å². The number of aromatic nitrogens is 2. The van der Waals surface area contributed by atoms with Crippen LogP contribution in [-0.4, -0.2) is 15.3 Å². The Labute approximate surface area is 156 Å². The predicted molar refractivity (Wildman–Crippen MR) is 103 cm³/mol. The number of nitrogens with zero attached hydrogens (tertiary/aromatic N) is 2. The molecule has 1 atom stereocenters. The number of rotatable bonds is 4. The molecule has 0 bridgehead atoms. The molecule has 25 heavy (non-hydrogen) atoms. The van der Waals surface area contributed by atoms with Gasteiger partial charge < -0.3 is 5.32 Å². The molecule has 130 valence electrons. The first kappa shape index (κ1) is 17.8. The second-order valence-corrected chi connectivity index (χ2v) is 6.94. The highest BCUT2D eigenvalue weighted by Crippen LogP contribution is 2.28. The summed E-state index contributed by atoms with van der Waals surface area (Å²) in [6, 6.07) is 9.47. The zero-order chi connectivity index (χ0) is 18.1. The van der Waals surface area contributed by atoms with Gasteiger partial charge in [0.2, 0.25) is 0 Å². The maximum absolute atomic E-state index is 12.9. The Kier molecular flexibility index (Phi) is 5.02. The van der Waals surface area contributed by atoms with Crippen LogP contribution in [0.1, 0.15) is 47.9 Å². The number of hydrogen-bond donors (Lipinski definition) is 1. The first-order valence-electron chi connectivity index (χ1n) is 8.16. The number of amides is 1. The lowest BCUT2D eigenvalue weighted by atomic mass is 9.97. The maximum Gasteiger partial charge on any atom is 0.274 e. The fraction of sp³-hybridized carbons (Fsp3) is 0.263. The van der Waals surface area contributed by atoms with Crippen LogP contribution in [0.2, 0.25) is 10.0 Å². The summed E-state index contributed by atoms with van der Waals surface area (Å²) in [5.41, 5.74) is 3.47. The molecule has 3 aromatic rings. The fourth-order valence-corrected chi connectivity index (χ4v) is 3.42. The van der Waals surface area contributed by atoms with E-state index in [4.69, 9.17) is 23.2 Å². The van der Waals surface area contributed by atoms with Gasteiger partial charge in [-0.2, -0.15) is 0 Å². The fourth-order valence-electron chi connectivity index (χ4n) is 2.90. The van der Waals surface area contributed by atoms with Crippen LogP contribution < -0.4 is 5.32 Å². The number of anilines is 1. The summed E-state index contributed by atoms with van der Waals surface area (Å²) < 4.78 is 1.64. The van der Waals surface area contributed by atoms with Gasteiger partial charge in [-0.15, -0.1) is 0 Å². The quantitative estimate of drug-likeness (QED) is 0.633. The first-order chi connectivity index (χ1) is 11.9. The number of fused-ring (bicyclic) bond motifs is 1. The highest BCUT2D eigenvalue weighted by atomic mass is 35.5. The number of aryl methyl sites for hydroxylation is 1. The Morgan fingerprint density at radius 2 is 2.04 bits per heavy atom. The Morgan fingerprint density at radius 3 is 2.76 bits per heavy atom. The van der Waals surface area contributed by atoms with Gasteiger partial charge >= 0.3 is 0 Å². The summed E-state index contributed by atoms with van der Waals surface area (Å²) in [6.45, 7) is 6.05. The Bertz CT molecular complexity index is 949. The van der Waals surface area contributed by atoms with Crippen molar-refractivity contribution in [3.63, 3.8) is 0 Å². The molecule has 1 aromatic carbocycles. The minimum atomic E-state index is -0.237. The van der Waals surface area contributed by atoms with Gasteiger partial charge in [-0.1, -0.05) is 55.2 Å². The average Bonchev–Trinajstić information content (AvgIpc) is 2.91. The molecular formula is C19H19Cl2N3O. The van der Waals surface area contributed by atoms with E-state index >= 15 is 0 Å². The van der Waals surface area contributed by atoms with Crippen LogP contribution in [0.25, 0.3) is 5.65 Å². The number of carbonyl (C=O) groups is 1. The molecule has 0 saturated carbocycles. The zero-order valence-corrected chi connectivity index (χ0v) is 15.8. The van der Waals surface area contributed by atoms with Crippen LogP contribution in [0.4, 0.5) is 5.69 Å². The molecule has 0 fully saturated rings. The summed E-state index contributed by atoms with van der Waals surface area (Å²) in [7, 11) is 0. The number of para-hydroxylation sites is 1. The number of pyridine rings is 1. The molecule has 0 saturated heterocycles. The van der Waals surface area contributed by atoms with Gasteiger partial charge in [0, 0.05) is 11.9 Å². The van der Waals surface area contributed by atoms with E-state index in [1.54, 1.807) is 23.6 Å². The lowest BCUT2D eigenvalue weighted by Gasteiger charge is -2.15. The van der Waals surface area contributed by atoms with Gasteiger partial charge in [-0.25, -0.2) is 4.98 Å². The molecule has 0 aliphatic rings. The van der Waals surface area contributed by atoms with Crippen LogP contribution in [0.5, 0.6) is 0 Å². The van der Waals surface area contributed by atoms with E-state index in [-0.39, 0.29) is 5.91 Å². The topological polar surface area (TPSA) is 46.4 Å². The molecule has 2 heterocycles. The van der Waals surface area contributed by atoms with E-state index in [2.05, 4.69) is 24.1 Å². The molecular weight excluding hydrogens is 357 g/mol. The van der Waals surface area contributed by atoms with Crippen molar-refractivity contribution in [2.75, 3.05) is 5.32 Å². The summed E-state index contributed by atoms with van der Waals surface area (Å²) in [6.07, 6.45) is 2.64. The van der Waals surface area contributed by atoms with E-state index in [1.165, 1.54) is 0 Å². The molecule has 1 unspecified atom stereocenters. The number of nitrogens with one attached hydrogen (secondary N) is 1. The second-order valence-electron chi connectivity index (χ2n) is 6.10. The Balaban J connectivity index is 2.04. The molecule has 3 rings (SSSR count). The normalized spacial score (nSPS) is 12.4. The Hall–Kier alpha value is -2.04. The maximum atomic E-state index is 12.9. The van der Waals surface area contributed by atoms with Crippen LogP contribution in [0.3, 0.4) is 0 Å².